The van der Waals surface area contributed by atoms with Crippen molar-refractivity contribution in [3.05, 3.63) is 59.9 Å². The van der Waals surface area contributed by atoms with Crippen LogP contribution in [-0.4, -0.2) is 41.9 Å². The summed E-state index contributed by atoms with van der Waals surface area (Å²) >= 11 is 0. The van der Waals surface area contributed by atoms with Crippen molar-refractivity contribution in [2.45, 2.75) is 23.7 Å². The van der Waals surface area contributed by atoms with E-state index in [0.29, 0.717) is 13.1 Å². The second-order valence-electron chi connectivity index (χ2n) is 5.82. The summed E-state index contributed by atoms with van der Waals surface area (Å²) in [5, 5.41) is 9.12. The lowest BCUT2D eigenvalue weighted by Gasteiger charge is -2.32. The SMILES string of the molecule is O=C(O)c1cccc([C@@H]2CCCN(S(=O)(=O)c3cccnc3)C2)c1. The third-order valence-corrected chi connectivity index (χ3v) is 6.11. The quantitative estimate of drug-likeness (QED) is 0.918. The van der Waals surface area contributed by atoms with E-state index in [1.165, 1.54) is 22.8 Å². The van der Waals surface area contributed by atoms with Crippen molar-refractivity contribution in [1.29, 1.82) is 0 Å². The van der Waals surface area contributed by atoms with Crippen LogP contribution in [0.3, 0.4) is 0 Å². The Balaban J connectivity index is 1.85. The van der Waals surface area contributed by atoms with E-state index in [-0.39, 0.29) is 16.4 Å². The van der Waals surface area contributed by atoms with Gasteiger partial charge in [-0.05, 0) is 48.6 Å². The fraction of sp³-hybridized carbons (Fsp3) is 0.294. The largest absolute Gasteiger partial charge is 0.478 e. The van der Waals surface area contributed by atoms with Crippen LogP contribution in [0.4, 0.5) is 0 Å². The van der Waals surface area contributed by atoms with Crippen molar-refractivity contribution in [3.63, 3.8) is 0 Å². The van der Waals surface area contributed by atoms with Crippen LogP contribution in [0.5, 0.6) is 0 Å². The number of hydrogen-bond acceptors (Lipinski definition) is 4. The second-order valence-corrected chi connectivity index (χ2v) is 7.76. The molecule has 3 rings (SSSR count). The first-order valence-corrected chi connectivity index (χ1v) is 9.16. The van der Waals surface area contributed by atoms with Crippen molar-refractivity contribution in [1.82, 2.24) is 9.29 Å². The van der Waals surface area contributed by atoms with Gasteiger partial charge in [0.15, 0.2) is 0 Å². The number of carbonyl (C=O) groups is 1. The summed E-state index contributed by atoms with van der Waals surface area (Å²) in [4.78, 5) is 15.2. The van der Waals surface area contributed by atoms with Crippen LogP contribution in [0.25, 0.3) is 0 Å². The van der Waals surface area contributed by atoms with E-state index in [9.17, 15) is 13.2 Å². The number of sulfonamides is 1. The lowest BCUT2D eigenvalue weighted by atomic mass is 9.91. The van der Waals surface area contributed by atoms with Crippen LogP contribution in [0.15, 0.2) is 53.7 Å². The van der Waals surface area contributed by atoms with Crippen molar-refractivity contribution in [3.8, 4) is 0 Å². The van der Waals surface area contributed by atoms with Gasteiger partial charge in [-0.1, -0.05) is 12.1 Å². The second kappa shape index (κ2) is 6.70. The molecule has 0 spiro atoms. The molecule has 1 aromatic carbocycles. The van der Waals surface area contributed by atoms with Gasteiger partial charge in [0.05, 0.1) is 5.56 Å². The molecule has 0 aliphatic carbocycles. The van der Waals surface area contributed by atoms with Gasteiger partial charge in [0.1, 0.15) is 4.90 Å². The number of piperidine rings is 1. The topological polar surface area (TPSA) is 87.6 Å². The van der Waals surface area contributed by atoms with E-state index >= 15 is 0 Å². The van der Waals surface area contributed by atoms with Crippen molar-refractivity contribution in [2.75, 3.05) is 13.1 Å². The molecule has 1 aliphatic heterocycles. The number of carboxylic acids is 1. The van der Waals surface area contributed by atoms with Crippen molar-refractivity contribution < 1.29 is 18.3 Å². The van der Waals surface area contributed by atoms with E-state index in [0.717, 1.165) is 18.4 Å². The number of nitrogens with zero attached hydrogens (tertiary/aromatic N) is 2. The van der Waals surface area contributed by atoms with Gasteiger partial charge in [-0.2, -0.15) is 4.31 Å². The Morgan fingerprint density at radius 1 is 1.25 bits per heavy atom. The number of rotatable bonds is 4. The molecule has 1 fully saturated rings. The molecular weight excluding hydrogens is 328 g/mol. The minimum absolute atomic E-state index is 0.00973. The number of aromatic carboxylic acids is 1. The molecule has 1 aliphatic rings. The number of hydrogen-bond donors (Lipinski definition) is 1. The number of benzene rings is 1. The fourth-order valence-corrected chi connectivity index (χ4v) is 4.50. The van der Waals surface area contributed by atoms with E-state index in [1.807, 2.05) is 6.07 Å². The number of aromatic nitrogens is 1. The summed E-state index contributed by atoms with van der Waals surface area (Å²) in [5.74, 6) is -0.989. The Labute approximate surface area is 140 Å². The Hall–Kier alpha value is -2.25. The average Bonchev–Trinajstić information content (AvgIpc) is 2.62. The third-order valence-electron chi connectivity index (χ3n) is 4.26. The van der Waals surface area contributed by atoms with Crippen LogP contribution < -0.4 is 0 Å². The first-order valence-electron chi connectivity index (χ1n) is 7.72. The normalized spacial score (nSPS) is 19.1. The zero-order valence-corrected chi connectivity index (χ0v) is 13.8. The molecule has 6 nitrogen and oxygen atoms in total. The molecule has 0 amide bonds. The molecule has 1 saturated heterocycles. The summed E-state index contributed by atoms with van der Waals surface area (Å²) in [6.07, 6.45) is 4.46. The Morgan fingerprint density at radius 3 is 2.79 bits per heavy atom. The molecule has 1 N–H and O–H groups in total. The molecule has 0 unspecified atom stereocenters. The van der Waals surface area contributed by atoms with Gasteiger partial charge in [-0.3, -0.25) is 4.98 Å². The van der Waals surface area contributed by atoms with Crippen LogP contribution in [0.2, 0.25) is 0 Å². The lowest BCUT2D eigenvalue weighted by molar-refractivity contribution is 0.0696. The van der Waals surface area contributed by atoms with Gasteiger partial charge in [-0.15, -0.1) is 0 Å². The smallest absolute Gasteiger partial charge is 0.335 e. The third kappa shape index (κ3) is 3.32. The lowest BCUT2D eigenvalue weighted by Crippen LogP contribution is -2.39. The molecular formula is C17H18N2O4S. The van der Waals surface area contributed by atoms with Gasteiger partial charge in [0.2, 0.25) is 10.0 Å². The highest BCUT2D eigenvalue weighted by Crippen LogP contribution is 2.30. The van der Waals surface area contributed by atoms with Gasteiger partial charge < -0.3 is 5.11 Å². The van der Waals surface area contributed by atoms with Crippen molar-refractivity contribution >= 4 is 16.0 Å². The predicted octanol–water partition coefficient (Wildman–Crippen LogP) is 2.35. The molecule has 2 heterocycles. The average molecular weight is 346 g/mol. The van der Waals surface area contributed by atoms with E-state index in [2.05, 4.69) is 4.98 Å². The van der Waals surface area contributed by atoms with Crippen molar-refractivity contribution in [2.24, 2.45) is 0 Å². The minimum Gasteiger partial charge on any atom is -0.478 e. The standard InChI is InChI=1S/C17H18N2O4S/c20-17(21)14-5-1-4-13(10-14)15-6-3-9-19(12-15)24(22,23)16-7-2-8-18-11-16/h1-2,4-5,7-8,10-11,15H,3,6,9,12H2,(H,20,21)/t15-/m1/s1. The Kier molecular flexibility index (Phi) is 4.64. The first kappa shape index (κ1) is 16.6. The summed E-state index contributed by atoms with van der Waals surface area (Å²) in [7, 11) is -3.57. The van der Waals surface area contributed by atoms with Gasteiger partial charge in [-0.25, -0.2) is 13.2 Å². The summed E-state index contributed by atoms with van der Waals surface area (Å²) in [6.45, 7) is 0.812. The zero-order valence-electron chi connectivity index (χ0n) is 13.0. The van der Waals surface area contributed by atoms with Crippen LogP contribution >= 0.6 is 0 Å². The van der Waals surface area contributed by atoms with E-state index in [1.54, 1.807) is 24.3 Å². The number of pyridine rings is 1. The predicted molar refractivity (Wildman–Crippen MR) is 88.4 cm³/mol. The molecule has 1 aromatic heterocycles. The highest BCUT2D eigenvalue weighted by atomic mass is 32.2. The zero-order chi connectivity index (χ0) is 17.2. The highest BCUT2D eigenvalue weighted by molar-refractivity contribution is 7.89. The molecule has 2 aromatic rings. The maximum Gasteiger partial charge on any atom is 0.335 e. The van der Waals surface area contributed by atoms with Gasteiger partial charge in [0, 0.05) is 25.5 Å². The molecule has 24 heavy (non-hydrogen) atoms. The minimum atomic E-state index is -3.57. The van der Waals surface area contributed by atoms with Crippen LogP contribution in [0.1, 0.15) is 34.7 Å². The number of carboxylic acid groups (broad SMARTS) is 1. The molecule has 0 saturated carbocycles. The van der Waals surface area contributed by atoms with Crippen LogP contribution in [-0.2, 0) is 10.0 Å². The van der Waals surface area contributed by atoms with Gasteiger partial charge >= 0.3 is 5.97 Å². The fourth-order valence-electron chi connectivity index (χ4n) is 3.01. The molecule has 0 radical (unpaired) electrons. The Bertz CT molecular complexity index is 837. The van der Waals surface area contributed by atoms with E-state index < -0.39 is 16.0 Å². The molecule has 0 bridgehead atoms. The van der Waals surface area contributed by atoms with E-state index in [4.69, 9.17) is 5.11 Å². The molecule has 7 heteroatoms. The first-order chi connectivity index (χ1) is 11.5. The summed E-state index contributed by atoms with van der Waals surface area (Å²) < 4.78 is 26.9. The van der Waals surface area contributed by atoms with Crippen LogP contribution in [0, 0.1) is 0 Å². The Morgan fingerprint density at radius 2 is 2.08 bits per heavy atom. The summed E-state index contributed by atoms with van der Waals surface area (Å²) in [6, 6.07) is 9.87. The monoisotopic (exact) mass is 346 g/mol. The highest BCUT2D eigenvalue weighted by Gasteiger charge is 2.31. The van der Waals surface area contributed by atoms with Gasteiger partial charge in [0.25, 0.3) is 0 Å². The summed E-state index contributed by atoms with van der Waals surface area (Å²) in [5.41, 5.74) is 1.08. The maximum absolute atomic E-state index is 12.7. The molecule has 1 atom stereocenters. The molecule has 126 valence electrons. The maximum atomic E-state index is 12.7.